The lowest BCUT2D eigenvalue weighted by Crippen LogP contribution is -2.30. The number of aromatic nitrogens is 2. The predicted molar refractivity (Wildman–Crippen MR) is 93.3 cm³/mol. The van der Waals surface area contributed by atoms with Crippen LogP contribution >= 0.6 is 11.3 Å². The van der Waals surface area contributed by atoms with Crippen LogP contribution in [0.1, 0.15) is 28.9 Å². The molecule has 0 spiro atoms. The zero-order valence-corrected chi connectivity index (χ0v) is 15.6. The predicted octanol–water partition coefficient (Wildman–Crippen LogP) is 1.34. The summed E-state index contributed by atoms with van der Waals surface area (Å²) in [5.41, 5.74) is 0. The van der Waals surface area contributed by atoms with Crippen molar-refractivity contribution in [3.63, 3.8) is 0 Å². The largest absolute Gasteiger partial charge is 0.351 e. The Bertz CT molecular complexity index is 789. The number of carbonyl (C=O) groups excluding carboxylic acids is 1. The number of imidazole rings is 1. The van der Waals surface area contributed by atoms with Crippen molar-refractivity contribution in [3.8, 4) is 0 Å². The molecule has 0 radical (unpaired) electrons. The van der Waals surface area contributed by atoms with Gasteiger partial charge in [-0.3, -0.25) is 4.79 Å². The van der Waals surface area contributed by atoms with Crippen molar-refractivity contribution < 1.29 is 13.2 Å². The number of rotatable bonds is 8. The molecule has 2 rings (SSSR count). The first-order chi connectivity index (χ1) is 11.3. The highest BCUT2D eigenvalue weighted by Gasteiger charge is 2.18. The van der Waals surface area contributed by atoms with Crippen LogP contribution in [0.15, 0.2) is 23.4 Å². The molecule has 0 aliphatic heterocycles. The van der Waals surface area contributed by atoms with Gasteiger partial charge in [-0.05, 0) is 25.5 Å². The summed E-state index contributed by atoms with van der Waals surface area (Å²) in [6, 6.07) is 4.05. The van der Waals surface area contributed by atoms with Gasteiger partial charge in [0.1, 0.15) is 5.82 Å². The smallest absolute Gasteiger partial charge is 0.259 e. The van der Waals surface area contributed by atoms with E-state index in [1.807, 2.05) is 6.07 Å². The van der Waals surface area contributed by atoms with Crippen molar-refractivity contribution in [2.75, 3.05) is 6.54 Å². The highest BCUT2D eigenvalue weighted by molar-refractivity contribution is 7.89. The Morgan fingerprint density at radius 3 is 2.62 bits per heavy atom. The first-order valence-corrected chi connectivity index (χ1v) is 9.95. The Kier molecular flexibility index (Phi) is 6.14. The van der Waals surface area contributed by atoms with Crippen LogP contribution < -0.4 is 10.0 Å². The standard InChI is InChI=1S/C15H22N4O3S2/c1-4-12-5-6-13(23-12)9-16-14(20)7-8-17-24(21,22)15-10-19(3)11(2)18-15/h5-6,10,17H,4,7-9H2,1-3H3,(H,16,20). The van der Waals surface area contributed by atoms with Gasteiger partial charge in [0.15, 0.2) is 5.03 Å². The van der Waals surface area contributed by atoms with Gasteiger partial charge in [-0.25, -0.2) is 18.1 Å². The molecule has 2 aromatic heterocycles. The van der Waals surface area contributed by atoms with E-state index in [0.717, 1.165) is 11.3 Å². The molecule has 0 atom stereocenters. The van der Waals surface area contributed by atoms with Gasteiger partial charge in [-0.1, -0.05) is 6.92 Å². The molecule has 0 bridgehead atoms. The fourth-order valence-corrected chi connectivity index (χ4v) is 3.98. The van der Waals surface area contributed by atoms with Crippen molar-refractivity contribution in [1.29, 1.82) is 0 Å². The van der Waals surface area contributed by atoms with Gasteiger partial charge in [0.25, 0.3) is 10.0 Å². The van der Waals surface area contributed by atoms with Crippen molar-refractivity contribution in [3.05, 3.63) is 33.9 Å². The van der Waals surface area contributed by atoms with E-state index < -0.39 is 10.0 Å². The van der Waals surface area contributed by atoms with E-state index in [1.54, 1.807) is 29.9 Å². The summed E-state index contributed by atoms with van der Waals surface area (Å²) >= 11 is 1.67. The minimum Gasteiger partial charge on any atom is -0.351 e. The number of nitrogens with zero attached hydrogens (tertiary/aromatic N) is 2. The lowest BCUT2D eigenvalue weighted by molar-refractivity contribution is -0.121. The number of hydrogen-bond donors (Lipinski definition) is 2. The number of amides is 1. The second kappa shape index (κ2) is 7.91. The molecule has 0 fully saturated rings. The maximum atomic E-state index is 12.1. The van der Waals surface area contributed by atoms with Crippen molar-refractivity contribution in [2.24, 2.45) is 7.05 Å². The Morgan fingerprint density at radius 1 is 1.33 bits per heavy atom. The summed E-state index contributed by atoms with van der Waals surface area (Å²) < 4.78 is 28.2. The summed E-state index contributed by atoms with van der Waals surface area (Å²) in [6.07, 6.45) is 2.50. The van der Waals surface area contributed by atoms with Crippen LogP contribution in [0.4, 0.5) is 0 Å². The van der Waals surface area contributed by atoms with E-state index in [1.165, 1.54) is 11.1 Å². The molecular formula is C15H22N4O3S2. The first kappa shape index (κ1) is 18.6. The summed E-state index contributed by atoms with van der Waals surface area (Å²) in [4.78, 5) is 18.2. The van der Waals surface area contributed by atoms with E-state index >= 15 is 0 Å². The highest BCUT2D eigenvalue weighted by atomic mass is 32.2. The summed E-state index contributed by atoms with van der Waals surface area (Å²) in [5.74, 6) is 0.414. The normalized spacial score (nSPS) is 11.6. The van der Waals surface area contributed by atoms with Crippen LogP contribution in [0.2, 0.25) is 0 Å². The van der Waals surface area contributed by atoms with E-state index in [2.05, 4.69) is 28.0 Å². The van der Waals surface area contributed by atoms with Crippen LogP contribution in [0.25, 0.3) is 0 Å². The Hall–Kier alpha value is -1.71. The number of sulfonamides is 1. The van der Waals surface area contributed by atoms with Crippen LogP contribution in [0.3, 0.4) is 0 Å². The molecule has 2 heterocycles. The van der Waals surface area contributed by atoms with Gasteiger partial charge < -0.3 is 9.88 Å². The molecule has 0 aliphatic carbocycles. The average Bonchev–Trinajstić information content (AvgIpc) is 3.12. The van der Waals surface area contributed by atoms with E-state index in [9.17, 15) is 13.2 Å². The van der Waals surface area contributed by atoms with E-state index in [0.29, 0.717) is 12.4 Å². The monoisotopic (exact) mass is 370 g/mol. The number of aryl methyl sites for hydroxylation is 3. The third-order valence-corrected chi connectivity index (χ3v) is 6.09. The maximum Gasteiger partial charge on any atom is 0.259 e. The molecule has 2 N–H and O–H groups in total. The van der Waals surface area contributed by atoms with Crippen LogP contribution in [-0.4, -0.2) is 30.4 Å². The van der Waals surface area contributed by atoms with Gasteiger partial charge in [0.2, 0.25) is 5.91 Å². The van der Waals surface area contributed by atoms with Crippen molar-refractivity contribution in [2.45, 2.75) is 38.3 Å². The molecule has 0 aliphatic rings. The topological polar surface area (TPSA) is 93.1 Å². The molecule has 7 nitrogen and oxygen atoms in total. The van der Waals surface area contributed by atoms with Gasteiger partial charge in [-0.2, -0.15) is 0 Å². The van der Waals surface area contributed by atoms with E-state index in [-0.39, 0.29) is 23.9 Å². The number of thiophene rings is 1. The molecule has 2 aromatic rings. The molecular weight excluding hydrogens is 348 g/mol. The summed E-state index contributed by atoms with van der Waals surface area (Å²) in [6.45, 7) is 4.31. The molecule has 0 unspecified atom stereocenters. The van der Waals surface area contributed by atoms with Crippen molar-refractivity contribution >= 4 is 27.3 Å². The quantitative estimate of drug-likeness (QED) is 0.733. The minimum absolute atomic E-state index is 0.0337. The van der Waals surface area contributed by atoms with Gasteiger partial charge in [0, 0.05) is 36.0 Å². The van der Waals surface area contributed by atoms with Crippen LogP contribution in [0, 0.1) is 6.92 Å². The second-order valence-corrected chi connectivity index (χ2v) is 8.35. The fourth-order valence-electron chi connectivity index (χ4n) is 2.01. The molecule has 0 saturated heterocycles. The average molecular weight is 371 g/mol. The van der Waals surface area contributed by atoms with Crippen LogP contribution in [0.5, 0.6) is 0 Å². The highest BCUT2D eigenvalue weighted by Crippen LogP contribution is 2.16. The van der Waals surface area contributed by atoms with Gasteiger partial charge >= 0.3 is 0 Å². The summed E-state index contributed by atoms with van der Waals surface area (Å²) in [5, 5.41) is 2.76. The van der Waals surface area contributed by atoms with Crippen LogP contribution in [-0.2, 0) is 34.8 Å². The minimum atomic E-state index is -3.68. The van der Waals surface area contributed by atoms with Crippen molar-refractivity contribution in [1.82, 2.24) is 19.6 Å². The lowest BCUT2D eigenvalue weighted by atomic mass is 10.3. The molecule has 0 saturated carbocycles. The molecule has 132 valence electrons. The number of hydrogen-bond acceptors (Lipinski definition) is 5. The third-order valence-electron chi connectivity index (χ3n) is 3.53. The maximum absolute atomic E-state index is 12.1. The number of carbonyl (C=O) groups is 1. The molecule has 1 amide bonds. The first-order valence-electron chi connectivity index (χ1n) is 7.65. The summed E-state index contributed by atoms with van der Waals surface area (Å²) in [7, 11) is -1.96. The third kappa shape index (κ3) is 4.89. The SMILES string of the molecule is CCc1ccc(CNC(=O)CCNS(=O)(=O)c2cn(C)c(C)n2)s1. The zero-order valence-electron chi connectivity index (χ0n) is 14.0. The molecule has 9 heteroatoms. The fraction of sp³-hybridized carbons (Fsp3) is 0.467. The van der Waals surface area contributed by atoms with Gasteiger partial charge in [0.05, 0.1) is 6.54 Å². The number of nitrogens with one attached hydrogen (secondary N) is 2. The second-order valence-electron chi connectivity index (χ2n) is 5.38. The molecule has 24 heavy (non-hydrogen) atoms. The van der Waals surface area contributed by atoms with Gasteiger partial charge in [-0.15, -0.1) is 11.3 Å². The Labute approximate surface area is 146 Å². The Morgan fingerprint density at radius 2 is 2.04 bits per heavy atom. The lowest BCUT2D eigenvalue weighted by Gasteiger charge is -2.05. The zero-order chi connectivity index (χ0) is 17.7. The van der Waals surface area contributed by atoms with E-state index in [4.69, 9.17) is 0 Å². The Balaban J connectivity index is 1.77. The molecule has 0 aromatic carbocycles.